The second-order valence-electron chi connectivity index (χ2n) is 11.6. The second-order valence-corrected chi connectivity index (χ2v) is 11.6. The number of nitrogens with one attached hydrogen (secondary N) is 2. The number of amides is 2. The van der Waals surface area contributed by atoms with Crippen molar-refractivity contribution in [2.75, 3.05) is 56.6 Å². The third kappa shape index (κ3) is 6.46. The fraction of sp³-hybridized carbons (Fsp3) is 0.306. The van der Waals surface area contributed by atoms with Gasteiger partial charge in [0, 0.05) is 54.1 Å². The molecule has 47 heavy (non-hydrogen) atoms. The van der Waals surface area contributed by atoms with E-state index in [2.05, 4.69) is 15.5 Å². The second kappa shape index (κ2) is 13.5. The lowest BCUT2D eigenvalue weighted by Gasteiger charge is -2.44. The van der Waals surface area contributed by atoms with Crippen molar-refractivity contribution in [3.63, 3.8) is 0 Å². The number of hydrogen-bond donors (Lipinski definition) is 2. The number of anilines is 3. The van der Waals surface area contributed by atoms with E-state index in [0.717, 1.165) is 17.8 Å². The highest BCUT2D eigenvalue weighted by molar-refractivity contribution is 6.09. The number of benzene rings is 3. The van der Waals surface area contributed by atoms with Gasteiger partial charge < -0.3 is 39.0 Å². The lowest BCUT2D eigenvalue weighted by Crippen LogP contribution is -2.47. The minimum atomic E-state index is -0.413. The maximum Gasteiger partial charge on any atom is 0.255 e. The van der Waals surface area contributed by atoms with E-state index in [-0.39, 0.29) is 23.3 Å². The Morgan fingerprint density at radius 1 is 0.809 bits per heavy atom. The monoisotopic (exact) mass is 638 g/mol. The summed E-state index contributed by atoms with van der Waals surface area (Å²) < 4.78 is 23.8. The number of aromatic nitrogens is 1. The van der Waals surface area contributed by atoms with E-state index in [1.807, 2.05) is 29.7 Å². The molecule has 1 saturated heterocycles. The molecule has 244 valence electrons. The van der Waals surface area contributed by atoms with Crippen molar-refractivity contribution in [3.05, 3.63) is 100.0 Å². The van der Waals surface area contributed by atoms with Gasteiger partial charge in [0.2, 0.25) is 5.75 Å². The van der Waals surface area contributed by atoms with Crippen molar-refractivity contribution in [2.45, 2.75) is 25.8 Å². The van der Waals surface area contributed by atoms with Crippen LogP contribution >= 0.6 is 0 Å². The predicted molar refractivity (Wildman–Crippen MR) is 180 cm³/mol. The molecule has 0 radical (unpaired) electrons. The van der Waals surface area contributed by atoms with Gasteiger partial charge in [-0.2, -0.15) is 0 Å². The normalized spacial score (nSPS) is 16.5. The molecule has 2 aliphatic heterocycles. The molecule has 2 atom stereocenters. The van der Waals surface area contributed by atoms with Crippen LogP contribution < -0.4 is 40.0 Å². The maximum absolute atomic E-state index is 13.8. The Hall–Kier alpha value is -5.45. The third-order valence-corrected chi connectivity index (χ3v) is 8.68. The van der Waals surface area contributed by atoms with Crippen LogP contribution in [-0.2, 0) is 6.54 Å². The Labute approximate surface area is 273 Å². The molecule has 11 nitrogen and oxygen atoms in total. The van der Waals surface area contributed by atoms with Gasteiger partial charge >= 0.3 is 0 Å². The van der Waals surface area contributed by atoms with E-state index >= 15 is 0 Å². The lowest BCUT2D eigenvalue weighted by molar-refractivity contribution is 0.101. The summed E-state index contributed by atoms with van der Waals surface area (Å²) in [7, 11) is 4.48. The molecule has 0 aliphatic carbocycles. The molecule has 4 aromatic rings. The Morgan fingerprint density at radius 2 is 1.53 bits per heavy atom. The third-order valence-electron chi connectivity index (χ3n) is 8.68. The standard InChI is InChI=1S/C36H38N4O7/c1-5-47-27-12-10-26(11-13-27)37-35(42)23-9-14-30(39-19-22-15-25(21-39)29-7-6-8-33(41)40(29)20-22)28(16-23)38-36(43)24-17-31(44-2)34(46-4)32(18-24)45-3/h6-14,16-18,22,25H,5,15,19-21H2,1-4H3,(H,37,42)(H,38,43)/t22-,25+/m1/s1. The van der Waals surface area contributed by atoms with Crippen LogP contribution in [0.1, 0.15) is 45.7 Å². The van der Waals surface area contributed by atoms with E-state index in [9.17, 15) is 14.4 Å². The van der Waals surface area contributed by atoms with Gasteiger partial charge in [-0.1, -0.05) is 6.07 Å². The molecule has 3 aromatic carbocycles. The topological polar surface area (TPSA) is 120 Å². The van der Waals surface area contributed by atoms with Crippen LogP contribution in [0.25, 0.3) is 0 Å². The molecule has 2 amide bonds. The minimum absolute atomic E-state index is 0.0202. The first kappa shape index (κ1) is 31.5. The van der Waals surface area contributed by atoms with Crippen molar-refractivity contribution in [3.8, 4) is 23.0 Å². The number of carbonyl (C=O) groups excluding carboxylic acids is 2. The minimum Gasteiger partial charge on any atom is -0.494 e. The number of ether oxygens (including phenoxy) is 4. The van der Waals surface area contributed by atoms with Crippen molar-refractivity contribution < 1.29 is 28.5 Å². The number of rotatable bonds is 10. The van der Waals surface area contributed by atoms with Crippen molar-refractivity contribution >= 4 is 28.9 Å². The fourth-order valence-electron chi connectivity index (χ4n) is 6.56. The molecule has 2 N–H and O–H groups in total. The van der Waals surface area contributed by atoms with Crippen molar-refractivity contribution in [1.29, 1.82) is 0 Å². The molecule has 2 bridgehead atoms. The first-order chi connectivity index (χ1) is 22.8. The van der Waals surface area contributed by atoms with Gasteiger partial charge in [0.25, 0.3) is 17.4 Å². The van der Waals surface area contributed by atoms with Crippen LogP contribution in [0.2, 0.25) is 0 Å². The van der Waals surface area contributed by atoms with E-state index in [1.54, 1.807) is 54.6 Å². The van der Waals surface area contributed by atoms with Gasteiger partial charge in [-0.25, -0.2) is 0 Å². The molecule has 6 rings (SSSR count). The van der Waals surface area contributed by atoms with Crippen LogP contribution in [0.5, 0.6) is 23.0 Å². The summed E-state index contributed by atoms with van der Waals surface area (Å²) in [4.78, 5) is 42.1. The zero-order valence-electron chi connectivity index (χ0n) is 26.9. The van der Waals surface area contributed by atoms with Crippen molar-refractivity contribution in [1.82, 2.24) is 4.57 Å². The Morgan fingerprint density at radius 3 is 2.21 bits per heavy atom. The van der Waals surface area contributed by atoms with Crippen LogP contribution in [0.4, 0.5) is 17.1 Å². The van der Waals surface area contributed by atoms with E-state index in [0.29, 0.717) is 71.7 Å². The van der Waals surface area contributed by atoms with Crippen LogP contribution in [-0.4, -0.2) is 57.4 Å². The molecule has 1 aromatic heterocycles. The molecule has 2 aliphatic rings. The van der Waals surface area contributed by atoms with Gasteiger partial charge in [0.1, 0.15) is 5.75 Å². The lowest BCUT2D eigenvalue weighted by atomic mass is 9.83. The maximum atomic E-state index is 13.8. The highest BCUT2D eigenvalue weighted by atomic mass is 16.5. The molecule has 11 heteroatoms. The quantitative estimate of drug-likeness (QED) is 0.237. The van der Waals surface area contributed by atoms with Crippen LogP contribution in [0.15, 0.2) is 77.6 Å². The largest absolute Gasteiger partial charge is 0.494 e. The molecule has 0 spiro atoms. The molecule has 1 fully saturated rings. The van der Waals surface area contributed by atoms with Crippen LogP contribution in [0.3, 0.4) is 0 Å². The van der Waals surface area contributed by atoms with Gasteiger partial charge in [-0.15, -0.1) is 0 Å². The van der Waals surface area contributed by atoms with Gasteiger partial charge in [-0.05, 0) is 79.9 Å². The summed E-state index contributed by atoms with van der Waals surface area (Å²) in [6.45, 7) is 4.45. The smallest absolute Gasteiger partial charge is 0.255 e. The highest BCUT2D eigenvalue weighted by Gasteiger charge is 2.35. The Balaban J connectivity index is 1.33. The highest BCUT2D eigenvalue weighted by Crippen LogP contribution is 2.41. The number of methoxy groups -OCH3 is 3. The van der Waals surface area contributed by atoms with Gasteiger partial charge in [0.05, 0.1) is 39.3 Å². The zero-order chi connectivity index (χ0) is 33.1. The van der Waals surface area contributed by atoms with Crippen molar-refractivity contribution in [2.24, 2.45) is 5.92 Å². The first-order valence-corrected chi connectivity index (χ1v) is 15.6. The number of carbonyl (C=O) groups is 2. The predicted octanol–water partition coefficient (Wildman–Crippen LogP) is 5.40. The van der Waals surface area contributed by atoms with Gasteiger partial charge in [0.15, 0.2) is 11.5 Å². The SMILES string of the molecule is CCOc1ccc(NC(=O)c2ccc(N3C[C@H]4C[C@@H](C3)c3cccc(=O)n3C4)c(NC(=O)c3cc(OC)c(OC)c(OC)c3)c2)cc1. The first-order valence-electron chi connectivity index (χ1n) is 15.6. The number of nitrogens with zero attached hydrogens (tertiary/aromatic N) is 2. The van der Waals surface area contributed by atoms with E-state index in [1.165, 1.54) is 21.3 Å². The molecule has 0 unspecified atom stereocenters. The Bertz CT molecular complexity index is 1830. The molecule has 0 saturated carbocycles. The summed E-state index contributed by atoms with van der Waals surface area (Å²) in [5.74, 6) is 1.44. The summed E-state index contributed by atoms with van der Waals surface area (Å²) in [6.07, 6.45) is 0.982. The van der Waals surface area contributed by atoms with E-state index in [4.69, 9.17) is 18.9 Å². The fourth-order valence-corrected chi connectivity index (χ4v) is 6.56. The summed E-state index contributed by atoms with van der Waals surface area (Å²) in [5.41, 5.74) is 3.58. The molecular formula is C36H38N4O7. The summed E-state index contributed by atoms with van der Waals surface area (Å²) in [6, 6.07) is 21.1. The summed E-state index contributed by atoms with van der Waals surface area (Å²) in [5, 5.41) is 5.98. The molecule has 3 heterocycles. The average Bonchev–Trinajstić information content (AvgIpc) is 3.08. The molecular weight excluding hydrogens is 600 g/mol. The average molecular weight is 639 g/mol. The zero-order valence-corrected chi connectivity index (χ0v) is 26.9. The number of pyridine rings is 1. The van der Waals surface area contributed by atoms with Crippen LogP contribution in [0, 0.1) is 5.92 Å². The number of fused-ring (bicyclic) bond motifs is 4. The number of hydrogen-bond acceptors (Lipinski definition) is 8. The van der Waals surface area contributed by atoms with Gasteiger partial charge in [-0.3, -0.25) is 14.4 Å². The summed E-state index contributed by atoms with van der Waals surface area (Å²) >= 11 is 0. The van der Waals surface area contributed by atoms with E-state index < -0.39 is 5.91 Å². The number of piperidine rings is 1. The Kier molecular flexibility index (Phi) is 9.05.